The molecule has 0 spiro atoms. The highest BCUT2D eigenvalue weighted by Crippen LogP contribution is 2.46. The van der Waals surface area contributed by atoms with Crippen molar-refractivity contribution in [1.82, 2.24) is 0 Å². The van der Waals surface area contributed by atoms with Gasteiger partial charge < -0.3 is 15.2 Å². The fourth-order valence-corrected chi connectivity index (χ4v) is 3.43. The molecule has 3 heteroatoms. The Bertz CT molecular complexity index is 433. The van der Waals surface area contributed by atoms with Crippen LogP contribution in [0.1, 0.15) is 31.2 Å². The summed E-state index contributed by atoms with van der Waals surface area (Å²) in [5.41, 5.74) is 6.77. The second-order valence-electron chi connectivity index (χ2n) is 5.52. The van der Waals surface area contributed by atoms with Crippen molar-refractivity contribution in [2.45, 2.75) is 38.3 Å². The van der Waals surface area contributed by atoms with Crippen molar-refractivity contribution in [2.75, 3.05) is 7.11 Å². The molecule has 1 aromatic rings. The third kappa shape index (κ3) is 2.07. The molecule has 98 valence electrons. The van der Waals surface area contributed by atoms with Crippen LogP contribution >= 0.6 is 0 Å². The SMILES string of the molecule is COc1ccc(CN)cc1OC1CC2CCC1C2. The average molecular weight is 247 g/mol. The van der Waals surface area contributed by atoms with Crippen LogP contribution in [0.4, 0.5) is 0 Å². The van der Waals surface area contributed by atoms with Crippen molar-refractivity contribution in [3.8, 4) is 11.5 Å². The lowest BCUT2D eigenvalue weighted by Crippen LogP contribution is -2.23. The number of nitrogens with two attached hydrogens (primary N) is 1. The van der Waals surface area contributed by atoms with Crippen LogP contribution in [0.2, 0.25) is 0 Å². The van der Waals surface area contributed by atoms with Gasteiger partial charge in [-0.15, -0.1) is 0 Å². The fraction of sp³-hybridized carbons (Fsp3) is 0.600. The molecule has 0 radical (unpaired) electrons. The number of rotatable bonds is 4. The Hall–Kier alpha value is -1.22. The Morgan fingerprint density at radius 3 is 2.72 bits per heavy atom. The lowest BCUT2D eigenvalue weighted by molar-refractivity contribution is 0.133. The van der Waals surface area contributed by atoms with Gasteiger partial charge in [-0.05, 0) is 55.2 Å². The number of ether oxygens (including phenoxy) is 2. The molecular formula is C15H21NO2. The van der Waals surface area contributed by atoms with E-state index in [4.69, 9.17) is 15.2 Å². The summed E-state index contributed by atoms with van der Waals surface area (Å²) in [5, 5.41) is 0. The zero-order chi connectivity index (χ0) is 12.5. The molecule has 2 fully saturated rings. The topological polar surface area (TPSA) is 44.5 Å². The van der Waals surface area contributed by atoms with E-state index < -0.39 is 0 Å². The minimum absolute atomic E-state index is 0.380. The minimum atomic E-state index is 0.380. The van der Waals surface area contributed by atoms with Crippen molar-refractivity contribution < 1.29 is 9.47 Å². The van der Waals surface area contributed by atoms with Crippen LogP contribution in [0, 0.1) is 11.8 Å². The molecule has 3 nitrogen and oxygen atoms in total. The van der Waals surface area contributed by atoms with E-state index in [2.05, 4.69) is 0 Å². The average Bonchev–Trinajstić information content (AvgIpc) is 3.01. The third-order valence-electron chi connectivity index (χ3n) is 4.42. The Morgan fingerprint density at radius 2 is 2.11 bits per heavy atom. The molecule has 2 aliphatic carbocycles. The van der Waals surface area contributed by atoms with E-state index in [1.54, 1.807) is 7.11 Å². The summed E-state index contributed by atoms with van der Waals surface area (Å²) >= 11 is 0. The first kappa shape index (κ1) is 11.8. The third-order valence-corrected chi connectivity index (χ3v) is 4.42. The summed E-state index contributed by atoms with van der Waals surface area (Å²) in [6.07, 6.45) is 5.66. The molecule has 0 aromatic heterocycles. The van der Waals surface area contributed by atoms with Crippen molar-refractivity contribution in [3.05, 3.63) is 23.8 Å². The Labute approximate surface area is 108 Å². The first-order chi connectivity index (χ1) is 8.80. The van der Waals surface area contributed by atoms with Gasteiger partial charge in [-0.2, -0.15) is 0 Å². The largest absolute Gasteiger partial charge is 0.493 e. The summed E-state index contributed by atoms with van der Waals surface area (Å²) < 4.78 is 11.6. The van der Waals surface area contributed by atoms with Crippen LogP contribution in [-0.2, 0) is 6.54 Å². The maximum atomic E-state index is 6.19. The molecule has 0 saturated heterocycles. The molecule has 2 aliphatic rings. The number of hydrogen-bond acceptors (Lipinski definition) is 3. The Kier molecular flexibility index (Phi) is 3.16. The van der Waals surface area contributed by atoms with Gasteiger partial charge in [-0.1, -0.05) is 6.07 Å². The van der Waals surface area contributed by atoms with Crippen molar-refractivity contribution in [3.63, 3.8) is 0 Å². The smallest absolute Gasteiger partial charge is 0.161 e. The summed E-state index contributed by atoms with van der Waals surface area (Å²) in [5.74, 6) is 3.32. The van der Waals surface area contributed by atoms with Crippen LogP contribution in [0.25, 0.3) is 0 Å². The molecule has 0 aliphatic heterocycles. The molecule has 2 N–H and O–H groups in total. The van der Waals surface area contributed by atoms with Crippen LogP contribution in [0.15, 0.2) is 18.2 Å². The quantitative estimate of drug-likeness (QED) is 0.889. The highest BCUT2D eigenvalue weighted by molar-refractivity contribution is 5.43. The molecule has 3 atom stereocenters. The van der Waals surface area contributed by atoms with Gasteiger partial charge in [-0.3, -0.25) is 0 Å². The predicted molar refractivity (Wildman–Crippen MR) is 70.7 cm³/mol. The van der Waals surface area contributed by atoms with Gasteiger partial charge in [0, 0.05) is 6.54 Å². The normalized spacial score (nSPS) is 29.6. The zero-order valence-electron chi connectivity index (χ0n) is 10.9. The second kappa shape index (κ2) is 4.81. The Morgan fingerprint density at radius 1 is 1.22 bits per heavy atom. The summed E-state index contributed by atoms with van der Waals surface area (Å²) in [7, 11) is 1.69. The standard InChI is InChI=1S/C15H21NO2/c1-17-13-5-3-11(9-16)8-15(13)18-14-7-10-2-4-12(14)6-10/h3,5,8,10,12,14H,2,4,6-7,9,16H2,1H3. The van der Waals surface area contributed by atoms with E-state index in [1.807, 2.05) is 18.2 Å². The molecule has 2 saturated carbocycles. The molecule has 18 heavy (non-hydrogen) atoms. The molecule has 1 aromatic carbocycles. The molecule has 0 amide bonds. The lowest BCUT2D eigenvalue weighted by atomic mass is 9.97. The van der Waals surface area contributed by atoms with E-state index >= 15 is 0 Å². The van der Waals surface area contributed by atoms with Crippen LogP contribution in [-0.4, -0.2) is 13.2 Å². The van der Waals surface area contributed by atoms with Gasteiger partial charge in [-0.25, -0.2) is 0 Å². The van der Waals surface area contributed by atoms with Gasteiger partial charge in [0.25, 0.3) is 0 Å². The maximum Gasteiger partial charge on any atom is 0.161 e. The number of methoxy groups -OCH3 is 1. The van der Waals surface area contributed by atoms with Gasteiger partial charge in [0.1, 0.15) is 6.10 Å². The van der Waals surface area contributed by atoms with Crippen LogP contribution in [0.5, 0.6) is 11.5 Å². The first-order valence-corrected chi connectivity index (χ1v) is 6.83. The molecule has 0 heterocycles. The van der Waals surface area contributed by atoms with Crippen molar-refractivity contribution >= 4 is 0 Å². The van der Waals surface area contributed by atoms with E-state index in [1.165, 1.54) is 25.7 Å². The summed E-state index contributed by atoms with van der Waals surface area (Å²) in [6, 6.07) is 5.96. The van der Waals surface area contributed by atoms with E-state index in [0.717, 1.165) is 28.9 Å². The van der Waals surface area contributed by atoms with Gasteiger partial charge in [0.2, 0.25) is 0 Å². The van der Waals surface area contributed by atoms with Crippen LogP contribution in [0.3, 0.4) is 0 Å². The van der Waals surface area contributed by atoms with Gasteiger partial charge in [0.15, 0.2) is 11.5 Å². The number of benzene rings is 1. The van der Waals surface area contributed by atoms with Crippen molar-refractivity contribution in [2.24, 2.45) is 17.6 Å². The maximum absolute atomic E-state index is 6.19. The van der Waals surface area contributed by atoms with E-state index in [9.17, 15) is 0 Å². The van der Waals surface area contributed by atoms with E-state index in [-0.39, 0.29) is 0 Å². The summed E-state index contributed by atoms with van der Waals surface area (Å²) in [6.45, 7) is 0.539. The van der Waals surface area contributed by atoms with Crippen molar-refractivity contribution in [1.29, 1.82) is 0 Å². The lowest BCUT2D eigenvalue weighted by Gasteiger charge is -2.24. The fourth-order valence-electron chi connectivity index (χ4n) is 3.43. The molecular weight excluding hydrogens is 226 g/mol. The molecule has 3 unspecified atom stereocenters. The summed E-state index contributed by atoms with van der Waals surface area (Å²) in [4.78, 5) is 0. The zero-order valence-corrected chi connectivity index (χ0v) is 10.9. The van der Waals surface area contributed by atoms with E-state index in [0.29, 0.717) is 12.6 Å². The number of fused-ring (bicyclic) bond motifs is 2. The predicted octanol–water partition coefficient (Wildman–Crippen LogP) is 2.72. The van der Waals surface area contributed by atoms with Crippen LogP contribution < -0.4 is 15.2 Å². The highest BCUT2D eigenvalue weighted by atomic mass is 16.5. The van der Waals surface area contributed by atoms with Gasteiger partial charge in [0.05, 0.1) is 7.11 Å². The second-order valence-corrected chi connectivity index (χ2v) is 5.52. The van der Waals surface area contributed by atoms with Gasteiger partial charge >= 0.3 is 0 Å². The molecule has 3 rings (SSSR count). The Balaban J connectivity index is 1.78. The number of hydrogen-bond donors (Lipinski definition) is 1. The molecule has 2 bridgehead atoms. The monoisotopic (exact) mass is 247 g/mol. The first-order valence-electron chi connectivity index (χ1n) is 6.83. The minimum Gasteiger partial charge on any atom is -0.493 e. The highest BCUT2D eigenvalue weighted by Gasteiger charge is 2.41.